The lowest BCUT2D eigenvalue weighted by molar-refractivity contribution is -0.385. The molecule has 0 bridgehead atoms. The van der Waals surface area contributed by atoms with E-state index >= 15 is 0 Å². The summed E-state index contributed by atoms with van der Waals surface area (Å²) in [6.07, 6.45) is -0.242. The maximum absolute atomic E-state index is 12.2. The number of nitro groups is 1. The van der Waals surface area contributed by atoms with E-state index in [-0.39, 0.29) is 23.2 Å². The molecule has 2 N–H and O–H groups in total. The molecule has 0 aromatic heterocycles. The summed E-state index contributed by atoms with van der Waals surface area (Å²) >= 11 is 0. The molecule has 1 saturated heterocycles. The van der Waals surface area contributed by atoms with Crippen LogP contribution in [-0.4, -0.2) is 45.7 Å². The molecule has 0 amide bonds. The molecule has 0 radical (unpaired) electrons. The first-order chi connectivity index (χ1) is 9.90. The summed E-state index contributed by atoms with van der Waals surface area (Å²) in [5.74, 6) is 0. The van der Waals surface area contributed by atoms with Gasteiger partial charge in [0.1, 0.15) is 0 Å². The van der Waals surface area contributed by atoms with Crippen LogP contribution in [0.5, 0.6) is 0 Å². The van der Waals surface area contributed by atoms with Gasteiger partial charge in [0.2, 0.25) is 10.0 Å². The second-order valence-corrected chi connectivity index (χ2v) is 6.52. The maximum Gasteiger partial charge on any atom is 0.273 e. The highest BCUT2D eigenvalue weighted by atomic mass is 32.2. The van der Waals surface area contributed by atoms with E-state index in [0.29, 0.717) is 18.7 Å². The summed E-state index contributed by atoms with van der Waals surface area (Å²) in [6, 6.07) is 3.84. The molecule has 1 aliphatic rings. The second-order valence-electron chi connectivity index (χ2n) is 4.75. The zero-order chi connectivity index (χ0) is 15.5. The van der Waals surface area contributed by atoms with Crippen molar-refractivity contribution >= 4 is 15.7 Å². The number of nitro benzene ring substituents is 1. The van der Waals surface area contributed by atoms with Crippen LogP contribution in [0.2, 0.25) is 0 Å². The number of benzene rings is 1. The Morgan fingerprint density at radius 2 is 2.29 bits per heavy atom. The van der Waals surface area contributed by atoms with Crippen molar-refractivity contribution in [2.75, 3.05) is 26.2 Å². The molecule has 1 atom stereocenters. The lowest BCUT2D eigenvalue weighted by Crippen LogP contribution is -2.45. The highest BCUT2D eigenvalue weighted by Gasteiger charge is 2.22. The molecule has 1 fully saturated rings. The highest BCUT2D eigenvalue weighted by Crippen LogP contribution is 2.22. The van der Waals surface area contributed by atoms with Gasteiger partial charge in [-0.1, -0.05) is 6.07 Å². The smallest absolute Gasteiger partial charge is 0.273 e. The minimum atomic E-state index is -3.79. The molecule has 8 nitrogen and oxygen atoms in total. The quantitative estimate of drug-likeness (QED) is 0.592. The molecule has 1 unspecified atom stereocenters. The number of nitrogens with zero attached hydrogens (tertiary/aromatic N) is 1. The Bertz CT molecular complexity index is 626. The van der Waals surface area contributed by atoms with E-state index in [1.807, 2.05) is 0 Å². The zero-order valence-electron chi connectivity index (χ0n) is 11.5. The van der Waals surface area contributed by atoms with Gasteiger partial charge in [-0.25, -0.2) is 13.1 Å². The van der Waals surface area contributed by atoms with Crippen LogP contribution in [0.3, 0.4) is 0 Å². The number of morpholine rings is 1. The first-order valence-corrected chi connectivity index (χ1v) is 7.95. The normalized spacial score (nSPS) is 19.4. The van der Waals surface area contributed by atoms with Crippen molar-refractivity contribution in [2.45, 2.75) is 17.9 Å². The van der Waals surface area contributed by atoms with Crippen LogP contribution in [0.15, 0.2) is 23.1 Å². The van der Waals surface area contributed by atoms with Gasteiger partial charge < -0.3 is 10.1 Å². The van der Waals surface area contributed by atoms with Crippen molar-refractivity contribution in [3.05, 3.63) is 33.9 Å². The average Bonchev–Trinajstić information content (AvgIpc) is 2.46. The average molecular weight is 315 g/mol. The van der Waals surface area contributed by atoms with E-state index in [2.05, 4.69) is 10.0 Å². The van der Waals surface area contributed by atoms with E-state index in [1.54, 1.807) is 6.92 Å². The van der Waals surface area contributed by atoms with Crippen molar-refractivity contribution in [1.29, 1.82) is 0 Å². The fourth-order valence-corrected chi connectivity index (χ4v) is 3.08. The van der Waals surface area contributed by atoms with E-state index in [0.717, 1.165) is 12.6 Å². The van der Waals surface area contributed by atoms with Crippen LogP contribution >= 0.6 is 0 Å². The molecular weight excluding hydrogens is 298 g/mol. The van der Waals surface area contributed by atoms with Crippen LogP contribution in [0.1, 0.15) is 5.56 Å². The number of aryl methyl sites for hydroxylation is 1. The molecule has 1 heterocycles. The molecule has 0 aliphatic carbocycles. The predicted octanol–water partition coefficient (Wildman–Crippen LogP) is 0.170. The van der Waals surface area contributed by atoms with Gasteiger partial charge in [0.05, 0.1) is 22.5 Å². The SMILES string of the molecule is Cc1ccc(S(=O)(=O)NCC2CNCCO2)cc1[N+](=O)[O-]. The number of ether oxygens (including phenoxy) is 1. The van der Waals surface area contributed by atoms with Crippen molar-refractivity contribution in [3.8, 4) is 0 Å². The van der Waals surface area contributed by atoms with Gasteiger partial charge in [-0.05, 0) is 13.0 Å². The van der Waals surface area contributed by atoms with E-state index in [9.17, 15) is 18.5 Å². The van der Waals surface area contributed by atoms with Crippen molar-refractivity contribution < 1.29 is 18.1 Å². The molecule has 1 aromatic carbocycles. The number of nitrogens with one attached hydrogen (secondary N) is 2. The first-order valence-electron chi connectivity index (χ1n) is 6.47. The van der Waals surface area contributed by atoms with Crippen LogP contribution in [0.25, 0.3) is 0 Å². The Balaban J connectivity index is 2.11. The third-order valence-corrected chi connectivity index (χ3v) is 4.61. The van der Waals surface area contributed by atoms with Gasteiger partial charge in [-0.15, -0.1) is 0 Å². The lowest BCUT2D eigenvalue weighted by Gasteiger charge is -2.23. The fourth-order valence-electron chi connectivity index (χ4n) is 1.99. The standard InChI is InChI=1S/C12H17N3O5S/c1-9-2-3-11(6-12(9)15(16)17)21(18,19)14-8-10-7-13-4-5-20-10/h2-3,6,10,13-14H,4-5,7-8H2,1H3. The lowest BCUT2D eigenvalue weighted by atomic mass is 10.2. The Morgan fingerprint density at radius 1 is 1.52 bits per heavy atom. The number of rotatable bonds is 5. The third kappa shape index (κ3) is 3.97. The zero-order valence-corrected chi connectivity index (χ0v) is 12.4. The van der Waals surface area contributed by atoms with Gasteiger partial charge >= 0.3 is 0 Å². The minimum Gasteiger partial charge on any atom is -0.374 e. The van der Waals surface area contributed by atoms with Gasteiger partial charge in [0, 0.05) is 31.3 Å². The first kappa shape index (κ1) is 15.8. The van der Waals surface area contributed by atoms with Gasteiger partial charge in [0.25, 0.3) is 5.69 Å². The molecular formula is C12H17N3O5S. The van der Waals surface area contributed by atoms with Gasteiger partial charge in [-0.2, -0.15) is 0 Å². The van der Waals surface area contributed by atoms with Crippen molar-refractivity contribution in [1.82, 2.24) is 10.0 Å². The monoisotopic (exact) mass is 315 g/mol. The predicted molar refractivity (Wildman–Crippen MR) is 75.6 cm³/mol. The topological polar surface area (TPSA) is 111 Å². The van der Waals surface area contributed by atoms with Crippen LogP contribution in [-0.2, 0) is 14.8 Å². The van der Waals surface area contributed by atoms with E-state index in [1.165, 1.54) is 12.1 Å². The summed E-state index contributed by atoms with van der Waals surface area (Å²) in [4.78, 5) is 10.2. The number of hydrogen-bond donors (Lipinski definition) is 2. The molecule has 0 spiro atoms. The van der Waals surface area contributed by atoms with Crippen LogP contribution in [0, 0.1) is 17.0 Å². The van der Waals surface area contributed by atoms with Gasteiger partial charge in [-0.3, -0.25) is 10.1 Å². The fraction of sp³-hybridized carbons (Fsp3) is 0.500. The van der Waals surface area contributed by atoms with Crippen molar-refractivity contribution in [3.63, 3.8) is 0 Å². The molecule has 2 rings (SSSR count). The maximum atomic E-state index is 12.2. The molecule has 116 valence electrons. The summed E-state index contributed by atoms with van der Waals surface area (Å²) in [7, 11) is -3.79. The highest BCUT2D eigenvalue weighted by molar-refractivity contribution is 7.89. The largest absolute Gasteiger partial charge is 0.374 e. The molecule has 1 aliphatic heterocycles. The Kier molecular flexibility index (Phi) is 4.88. The third-order valence-electron chi connectivity index (χ3n) is 3.19. The Hall–Kier alpha value is -1.55. The molecule has 21 heavy (non-hydrogen) atoms. The molecule has 9 heteroatoms. The minimum absolute atomic E-state index is 0.122. The Morgan fingerprint density at radius 3 is 2.90 bits per heavy atom. The summed E-state index contributed by atoms with van der Waals surface area (Å²) in [5.41, 5.74) is 0.201. The summed E-state index contributed by atoms with van der Waals surface area (Å²) in [5, 5.41) is 14.0. The summed E-state index contributed by atoms with van der Waals surface area (Å²) in [6.45, 7) is 3.52. The Labute approximate surface area is 122 Å². The van der Waals surface area contributed by atoms with Gasteiger partial charge in [0.15, 0.2) is 0 Å². The summed E-state index contributed by atoms with van der Waals surface area (Å²) < 4.78 is 32.1. The van der Waals surface area contributed by atoms with E-state index < -0.39 is 14.9 Å². The van der Waals surface area contributed by atoms with E-state index in [4.69, 9.17) is 4.74 Å². The molecule has 1 aromatic rings. The van der Waals surface area contributed by atoms with Crippen LogP contribution in [0.4, 0.5) is 5.69 Å². The van der Waals surface area contributed by atoms with Crippen molar-refractivity contribution in [2.24, 2.45) is 0 Å². The molecule has 0 saturated carbocycles. The van der Waals surface area contributed by atoms with Crippen LogP contribution < -0.4 is 10.0 Å². The second kappa shape index (κ2) is 6.48. The number of sulfonamides is 1. The number of hydrogen-bond acceptors (Lipinski definition) is 6.